The van der Waals surface area contributed by atoms with E-state index in [1.807, 2.05) is 6.07 Å². The quantitative estimate of drug-likeness (QED) is 0.728. The zero-order chi connectivity index (χ0) is 11.3. The van der Waals surface area contributed by atoms with Crippen LogP contribution in [0.1, 0.15) is 24.3 Å². The van der Waals surface area contributed by atoms with Gasteiger partial charge in [0.15, 0.2) is 0 Å². The number of benzene rings is 1. The first-order valence-corrected chi connectivity index (χ1v) is 4.75. The molecule has 0 aliphatic heterocycles. The third-order valence-corrected chi connectivity index (χ3v) is 2.21. The number of hydrogen-bond donors (Lipinski definition) is 2. The average molecular weight is 206 g/mol. The molecule has 0 radical (unpaired) electrons. The van der Waals surface area contributed by atoms with Crippen LogP contribution >= 0.6 is 0 Å². The van der Waals surface area contributed by atoms with Gasteiger partial charge < -0.3 is 10.2 Å². The third-order valence-electron chi connectivity index (χ3n) is 2.21. The summed E-state index contributed by atoms with van der Waals surface area (Å²) in [6.07, 6.45) is 2.34. The second kappa shape index (κ2) is 5.20. The number of allylic oxidation sites excluding steroid dienone is 1. The molecule has 0 bridgehead atoms. The Morgan fingerprint density at radius 2 is 2.27 bits per heavy atom. The van der Waals surface area contributed by atoms with Gasteiger partial charge in [-0.15, -0.1) is 6.58 Å². The summed E-state index contributed by atoms with van der Waals surface area (Å²) in [5.74, 6) is -0.802. The van der Waals surface area contributed by atoms with Crippen LogP contribution in [-0.4, -0.2) is 16.2 Å². The fourth-order valence-corrected chi connectivity index (χ4v) is 1.53. The van der Waals surface area contributed by atoms with Crippen molar-refractivity contribution in [1.82, 2.24) is 0 Å². The molecule has 1 unspecified atom stereocenters. The fraction of sp³-hybridized carbons (Fsp3) is 0.250. The maximum absolute atomic E-state index is 10.6. The van der Waals surface area contributed by atoms with Crippen LogP contribution in [-0.2, 0) is 4.79 Å². The molecule has 3 nitrogen and oxygen atoms in total. The van der Waals surface area contributed by atoms with E-state index in [0.29, 0.717) is 6.42 Å². The van der Waals surface area contributed by atoms with Gasteiger partial charge >= 0.3 is 5.97 Å². The minimum Gasteiger partial charge on any atom is -0.508 e. The maximum atomic E-state index is 10.6. The Kier molecular flexibility index (Phi) is 3.92. The minimum absolute atomic E-state index is 0.0511. The third kappa shape index (κ3) is 3.46. The number of carboxylic acids is 1. The predicted octanol–water partition coefficient (Wildman–Crippen LogP) is 2.53. The largest absolute Gasteiger partial charge is 0.508 e. The Hall–Kier alpha value is -1.77. The van der Waals surface area contributed by atoms with Gasteiger partial charge in [-0.2, -0.15) is 0 Å². The highest BCUT2D eigenvalue weighted by Gasteiger charge is 2.14. The number of phenols is 1. The van der Waals surface area contributed by atoms with Crippen molar-refractivity contribution >= 4 is 5.97 Å². The van der Waals surface area contributed by atoms with E-state index in [9.17, 15) is 9.90 Å². The lowest BCUT2D eigenvalue weighted by atomic mass is 9.92. The summed E-state index contributed by atoms with van der Waals surface area (Å²) in [6.45, 7) is 3.60. The SMILES string of the molecule is C=CCC(CC(=O)O)c1cccc(O)c1. The molecule has 0 aliphatic carbocycles. The average Bonchev–Trinajstić information content (AvgIpc) is 2.16. The number of rotatable bonds is 5. The second-order valence-corrected chi connectivity index (χ2v) is 3.41. The Balaban J connectivity index is 2.87. The van der Waals surface area contributed by atoms with E-state index < -0.39 is 5.97 Å². The van der Waals surface area contributed by atoms with Gasteiger partial charge in [0.25, 0.3) is 0 Å². The molecule has 1 aromatic carbocycles. The van der Waals surface area contributed by atoms with Crippen LogP contribution in [0.5, 0.6) is 5.75 Å². The van der Waals surface area contributed by atoms with Crippen molar-refractivity contribution in [2.75, 3.05) is 0 Å². The molecular formula is C12H14O3. The van der Waals surface area contributed by atoms with Crippen LogP contribution in [0.15, 0.2) is 36.9 Å². The minimum atomic E-state index is -0.842. The van der Waals surface area contributed by atoms with E-state index >= 15 is 0 Å². The molecule has 0 aromatic heterocycles. The van der Waals surface area contributed by atoms with Gasteiger partial charge in [-0.05, 0) is 30.0 Å². The fourth-order valence-electron chi connectivity index (χ4n) is 1.53. The molecule has 0 amide bonds. The Morgan fingerprint density at radius 3 is 2.80 bits per heavy atom. The molecule has 0 spiro atoms. The van der Waals surface area contributed by atoms with Crippen molar-refractivity contribution in [1.29, 1.82) is 0 Å². The maximum Gasteiger partial charge on any atom is 0.303 e. The van der Waals surface area contributed by atoms with Gasteiger partial charge in [0.2, 0.25) is 0 Å². The van der Waals surface area contributed by atoms with Gasteiger partial charge in [0.1, 0.15) is 5.75 Å². The molecule has 0 heterocycles. The number of hydrogen-bond acceptors (Lipinski definition) is 2. The molecule has 80 valence electrons. The smallest absolute Gasteiger partial charge is 0.303 e. The van der Waals surface area contributed by atoms with Crippen molar-refractivity contribution in [3.05, 3.63) is 42.5 Å². The number of carbonyl (C=O) groups is 1. The summed E-state index contributed by atoms with van der Waals surface area (Å²) in [5.41, 5.74) is 0.831. The van der Waals surface area contributed by atoms with Gasteiger partial charge in [-0.1, -0.05) is 18.2 Å². The van der Waals surface area contributed by atoms with Crippen LogP contribution < -0.4 is 0 Å². The van der Waals surface area contributed by atoms with E-state index in [1.54, 1.807) is 24.3 Å². The lowest BCUT2D eigenvalue weighted by molar-refractivity contribution is -0.137. The molecule has 2 N–H and O–H groups in total. The highest BCUT2D eigenvalue weighted by Crippen LogP contribution is 2.26. The summed E-state index contributed by atoms with van der Waals surface area (Å²) < 4.78 is 0. The first-order valence-electron chi connectivity index (χ1n) is 4.75. The van der Waals surface area contributed by atoms with Crippen LogP contribution in [0, 0.1) is 0 Å². The Labute approximate surface area is 88.7 Å². The van der Waals surface area contributed by atoms with Gasteiger partial charge in [-0.25, -0.2) is 0 Å². The zero-order valence-electron chi connectivity index (χ0n) is 8.39. The molecule has 15 heavy (non-hydrogen) atoms. The standard InChI is InChI=1S/C12H14O3/c1-2-4-9(8-12(14)15)10-5-3-6-11(13)7-10/h2-3,5-7,9,13H,1,4,8H2,(H,14,15). The van der Waals surface area contributed by atoms with Gasteiger partial charge in [0.05, 0.1) is 6.42 Å². The van der Waals surface area contributed by atoms with Crippen molar-refractivity contribution in [2.24, 2.45) is 0 Å². The van der Waals surface area contributed by atoms with E-state index in [4.69, 9.17) is 5.11 Å². The summed E-state index contributed by atoms with van der Waals surface area (Å²) >= 11 is 0. The molecular weight excluding hydrogens is 192 g/mol. The van der Waals surface area contributed by atoms with Crippen molar-refractivity contribution < 1.29 is 15.0 Å². The van der Waals surface area contributed by atoms with Crippen LogP contribution in [0.25, 0.3) is 0 Å². The Bertz CT molecular complexity index is 358. The molecule has 0 saturated heterocycles. The molecule has 0 fully saturated rings. The highest BCUT2D eigenvalue weighted by atomic mass is 16.4. The van der Waals surface area contributed by atoms with Crippen molar-refractivity contribution in [3.8, 4) is 5.75 Å². The van der Waals surface area contributed by atoms with E-state index in [0.717, 1.165) is 5.56 Å². The second-order valence-electron chi connectivity index (χ2n) is 3.41. The zero-order valence-corrected chi connectivity index (χ0v) is 8.39. The highest BCUT2D eigenvalue weighted by molar-refractivity contribution is 5.68. The number of carboxylic acid groups (broad SMARTS) is 1. The van der Waals surface area contributed by atoms with Crippen molar-refractivity contribution in [3.63, 3.8) is 0 Å². The topological polar surface area (TPSA) is 57.5 Å². The molecule has 1 atom stereocenters. The molecule has 1 rings (SSSR count). The van der Waals surface area contributed by atoms with E-state index in [2.05, 4.69) is 6.58 Å². The van der Waals surface area contributed by atoms with Crippen LogP contribution in [0.2, 0.25) is 0 Å². The van der Waals surface area contributed by atoms with Crippen LogP contribution in [0.3, 0.4) is 0 Å². The Morgan fingerprint density at radius 1 is 1.53 bits per heavy atom. The summed E-state index contributed by atoms with van der Waals surface area (Å²) in [7, 11) is 0. The summed E-state index contributed by atoms with van der Waals surface area (Å²) in [4.78, 5) is 10.6. The normalized spacial score (nSPS) is 12.0. The van der Waals surface area contributed by atoms with Crippen molar-refractivity contribution in [2.45, 2.75) is 18.8 Å². The van der Waals surface area contributed by atoms with Crippen LogP contribution in [0.4, 0.5) is 0 Å². The van der Waals surface area contributed by atoms with E-state index in [-0.39, 0.29) is 18.1 Å². The first kappa shape index (κ1) is 11.3. The van der Waals surface area contributed by atoms with E-state index in [1.165, 1.54) is 0 Å². The summed E-state index contributed by atoms with van der Waals surface area (Å²) in [6, 6.07) is 6.69. The molecule has 0 saturated carbocycles. The van der Waals surface area contributed by atoms with Gasteiger partial charge in [-0.3, -0.25) is 4.79 Å². The lowest BCUT2D eigenvalue weighted by Crippen LogP contribution is -2.05. The molecule has 3 heteroatoms. The lowest BCUT2D eigenvalue weighted by Gasteiger charge is -2.13. The first-order chi connectivity index (χ1) is 7.13. The number of aromatic hydroxyl groups is 1. The predicted molar refractivity (Wildman–Crippen MR) is 57.9 cm³/mol. The number of aliphatic carboxylic acids is 1. The monoisotopic (exact) mass is 206 g/mol. The van der Waals surface area contributed by atoms with Gasteiger partial charge in [0, 0.05) is 0 Å². The summed E-state index contributed by atoms with van der Waals surface area (Å²) in [5, 5.41) is 18.0. The molecule has 1 aromatic rings. The number of phenolic OH excluding ortho intramolecular Hbond substituents is 1. The molecule has 0 aliphatic rings.